The van der Waals surface area contributed by atoms with E-state index in [1.807, 2.05) is 32.0 Å². The summed E-state index contributed by atoms with van der Waals surface area (Å²) in [5.74, 6) is -0.152. The van der Waals surface area contributed by atoms with Gasteiger partial charge in [-0.15, -0.1) is 0 Å². The molecule has 0 spiro atoms. The molecule has 1 aromatic carbocycles. The van der Waals surface area contributed by atoms with Crippen molar-refractivity contribution in [2.24, 2.45) is 0 Å². The third kappa shape index (κ3) is 5.14. The normalized spacial score (nSPS) is 13.2. The molecule has 1 atom stereocenters. The fourth-order valence-corrected chi connectivity index (χ4v) is 2.81. The van der Waals surface area contributed by atoms with Gasteiger partial charge in [-0.05, 0) is 29.7 Å². The Morgan fingerprint density at radius 2 is 2.18 bits per heavy atom. The Balaban J connectivity index is 0.000000775. The van der Waals surface area contributed by atoms with Crippen molar-refractivity contribution in [3.63, 3.8) is 0 Å². The maximum atomic E-state index is 12.1. The Morgan fingerprint density at radius 3 is 2.86 bits per heavy atom. The number of hydrogen-bond donors (Lipinski definition) is 1. The van der Waals surface area contributed by atoms with E-state index in [9.17, 15) is 4.79 Å². The van der Waals surface area contributed by atoms with Gasteiger partial charge in [-0.25, -0.2) is 5.10 Å². The van der Waals surface area contributed by atoms with E-state index < -0.39 is 0 Å². The van der Waals surface area contributed by atoms with Crippen LogP contribution < -0.4 is 5.32 Å². The fourth-order valence-electron chi connectivity index (χ4n) is 2.09. The molecule has 2 heterocycles. The van der Waals surface area contributed by atoms with E-state index >= 15 is 0 Å². The van der Waals surface area contributed by atoms with Gasteiger partial charge in [-0.1, -0.05) is 34.8 Å². The van der Waals surface area contributed by atoms with E-state index in [-0.39, 0.29) is 38.6 Å². The number of aromatic nitrogens is 2. The zero-order valence-electron chi connectivity index (χ0n) is 12.7. The molecule has 0 bridgehead atoms. The van der Waals surface area contributed by atoms with E-state index in [0.717, 1.165) is 19.5 Å². The van der Waals surface area contributed by atoms with E-state index in [4.69, 9.17) is 0 Å². The Kier molecular flexibility index (Phi) is 8.80. The molecule has 1 unspecified atom stereocenters. The molecule has 1 N–H and O–H groups in total. The Hall–Kier alpha value is -0.256. The average Bonchev–Trinajstić information content (AvgIpc) is 3.01. The number of nitrogens with zero attached hydrogens (tertiary/aromatic N) is 3. The minimum atomic E-state index is -0.152. The smallest absolute Gasteiger partial charge is 0.241 e. The fraction of sp³-hybridized carbons (Fsp3) is 0.357. The molecular formula is C14H18N4OPSY-. The van der Waals surface area contributed by atoms with Crippen molar-refractivity contribution in [2.75, 3.05) is 11.9 Å². The first kappa shape index (κ1) is 19.8. The second-order valence-corrected chi connectivity index (χ2v) is 5.86. The van der Waals surface area contributed by atoms with Crippen molar-refractivity contribution < 1.29 is 37.5 Å². The predicted molar refractivity (Wildman–Crippen MR) is 88.3 cm³/mol. The summed E-state index contributed by atoms with van der Waals surface area (Å²) in [6, 6.07) is 5.84. The zero-order valence-corrected chi connectivity index (χ0v) is 17.5. The van der Waals surface area contributed by atoms with Gasteiger partial charge in [0, 0.05) is 51.4 Å². The number of hydrogen-bond acceptors (Lipinski definition) is 5. The Bertz CT molecular complexity index is 609. The van der Waals surface area contributed by atoms with Crippen LogP contribution in [-0.4, -0.2) is 27.3 Å². The van der Waals surface area contributed by atoms with Crippen molar-refractivity contribution >= 4 is 31.8 Å². The van der Waals surface area contributed by atoms with Gasteiger partial charge in [-0.3, -0.25) is 25.9 Å². The maximum Gasteiger partial charge on any atom is 0.241 e. The van der Waals surface area contributed by atoms with Gasteiger partial charge in [0.1, 0.15) is 0 Å². The predicted octanol–water partition coefficient (Wildman–Crippen LogP) is 2.76. The number of nitrogens with one attached hydrogen (secondary N) is 1. The molecule has 115 valence electrons. The number of benzene rings is 1. The Labute approximate surface area is 162 Å². The van der Waals surface area contributed by atoms with Gasteiger partial charge in [0.15, 0.2) is 0 Å². The molecular weight excluding hydrogens is 392 g/mol. The van der Waals surface area contributed by atoms with Gasteiger partial charge in [0.05, 0.1) is 5.13 Å². The number of rotatable bonds is 2. The minimum absolute atomic E-state index is 0. The zero-order chi connectivity index (χ0) is 15.2. The maximum absolute atomic E-state index is 12.1. The molecule has 1 aromatic heterocycles. The third-order valence-corrected chi connectivity index (χ3v) is 4.05. The second-order valence-electron chi connectivity index (χ2n) is 4.36. The molecule has 2 aromatic rings. The number of anilines is 1. The van der Waals surface area contributed by atoms with Gasteiger partial charge in [-0.2, -0.15) is 0 Å². The molecule has 1 radical (unpaired) electrons. The summed E-state index contributed by atoms with van der Waals surface area (Å²) >= 11 is 1.19. The molecule has 0 aliphatic carbocycles. The summed E-state index contributed by atoms with van der Waals surface area (Å²) in [5.41, 5.74) is 5.78. The quantitative estimate of drug-likeness (QED) is 0.611. The average molecular weight is 410 g/mol. The van der Waals surface area contributed by atoms with Crippen molar-refractivity contribution in [1.82, 2.24) is 14.9 Å². The monoisotopic (exact) mass is 410 g/mol. The summed E-state index contributed by atoms with van der Waals surface area (Å²) < 4.78 is 2.19. The molecule has 1 aliphatic heterocycles. The second kappa shape index (κ2) is 9.79. The van der Waals surface area contributed by atoms with Crippen LogP contribution in [0.2, 0.25) is 0 Å². The summed E-state index contributed by atoms with van der Waals surface area (Å²) in [4.78, 5) is 12.1. The molecule has 0 fully saturated rings. The minimum Gasteiger partial charge on any atom is -0.375 e. The topological polar surface area (TPSA) is 58.1 Å². The number of carbonyl (C=O) groups excluding carboxylic acids is 1. The van der Waals surface area contributed by atoms with Crippen LogP contribution in [-0.2, 0) is 45.7 Å². The van der Waals surface area contributed by atoms with Crippen LogP contribution in [0.1, 0.15) is 35.3 Å². The summed E-state index contributed by atoms with van der Waals surface area (Å²) in [6.07, 6.45) is 0.965. The van der Waals surface area contributed by atoms with Gasteiger partial charge < -0.3 is 5.32 Å². The summed E-state index contributed by atoms with van der Waals surface area (Å²) in [6.45, 7) is 5.90. The van der Waals surface area contributed by atoms with Crippen LogP contribution in [0.15, 0.2) is 18.2 Å². The van der Waals surface area contributed by atoms with Crippen LogP contribution in [0.4, 0.5) is 5.13 Å². The van der Waals surface area contributed by atoms with Crippen LogP contribution in [0, 0.1) is 5.51 Å². The molecule has 8 heteroatoms. The number of carbonyl (C=O) groups is 1. The molecule has 1 aliphatic rings. The summed E-state index contributed by atoms with van der Waals surface area (Å²) in [7, 11) is 2.72. The SMILES string of the molecule is CC.O=C(Nc1nn[c-]s1)c1ccc2c(c1)CCN(P)C2.[Y]. The van der Waals surface area contributed by atoms with E-state index in [1.165, 1.54) is 22.5 Å². The number of fused-ring (bicyclic) bond motifs is 1. The standard InChI is InChI=1S/C12H12N4OPS.C2H6.Y/c17-11(14-12-15-13-7-19-12)9-1-2-10-6-16(18)4-3-8(10)5-9;1-2;/h1-2,5H,3-4,6,18H2,(H,14,15,17);1-2H3;/q-1;;. The molecule has 3 rings (SSSR count). The van der Waals surface area contributed by atoms with Crippen LogP contribution in [0.25, 0.3) is 0 Å². The molecule has 22 heavy (non-hydrogen) atoms. The van der Waals surface area contributed by atoms with Gasteiger partial charge in [0.2, 0.25) is 5.91 Å². The Morgan fingerprint density at radius 1 is 1.41 bits per heavy atom. The first-order valence-corrected chi connectivity index (χ1v) is 8.18. The van der Waals surface area contributed by atoms with Crippen LogP contribution >= 0.6 is 20.7 Å². The first-order chi connectivity index (χ1) is 10.2. The van der Waals surface area contributed by atoms with E-state index in [2.05, 4.69) is 35.1 Å². The third-order valence-electron chi connectivity index (χ3n) is 3.05. The molecule has 5 nitrogen and oxygen atoms in total. The molecule has 1 amide bonds. The van der Waals surface area contributed by atoms with Crippen LogP contribution in [0.3, 0.4) is 0 Å². The van der Waals surface area contributed by atoms with Crippen molar-refractivity contribution in [2.45, 2.75) is 26.8 Å². The van der Waals surface area contributed by atoms with Crippen molar-refractivity contribution in [3.8, 4) is 0 Å². The van der Waals surface area contributed by atoms with E-state index in [0.29, 0.717) is 10.7 Å². The van der Waals surface area contributed by atoms with E-state index in [1.54, 1.807) is 0 Å². The largest absolute Gasteiger partial charge is 0.375 e. The van der Waals surface area contributed by atoms with Crippen molar-refractivity contribution in [1.29, 1.82) is 0 Å². The molecule has 0 saturated heterocycles. The van der Waals surface area contributed by atoms with Gasteiger partial charge in [0.25, 0.3) is 0 Å². The van der Waals surface area contributed by atoms with Crippen molar-refractivity contribution in [3.05, 3.63) is 40.4 Å². The first-order valence-electron chi connectivity index (χ1n) is 6.85. The van der Waals surface area contributed by atoms with Crippen LogP contribution in [0.5, 0.6) is 0 Å². The van der Waals surface area contributed by atoms with Gasteiger partial charge >= 0.3 is 0 Å². The number of amides is 1. The summed E-state index contributed by atoms with van der Waals surface area (Å²) in [5, 5.41) is 10.5. The molecule has 0 saturated carbocycles.